The van der Waals surface area contributed by atoms with Crippen molar-refractivity contribution in [2.24, 2.45) is 11.8 Å². The van der Waals surface area contributed by atoms with E-state index in [1.807, 2.05) is 0 Å². The van der Waals surface area contributed by atoms with Crippen LogP contribution in [0.4, 0.5) is 0 Å². The van der Waals surface area contributed by atoms with E-state index < -0.39 is 5.97 Å². The molecule has 2 aliphatic carbocycles. The monoisotopic (exact) mass is 205 g/mol. The first-order valence-electron chi connectivity index (χ1n) is 5.03. The number of ether oxygens (including phenoxy) is 1. The fraction of sp³-hybridized carbons (Fsp3) is 0.500. The molecule has 0 radical (unpaired) electrons. The predicted octanol–water partition coefficient (Wildman–Crippen LogP) is 2.21. The number of rotatable bonds is 1. The van der Waals surface area contributed by atoms with Crippen LogP contribution in [0.25, 0.3) is 0 Å². The van der Waals surface area contributed by atoms with Crippen LogP contribution in [0.1, 0.15) is 19.3 Å². The van der Waals surface area contributed by atoms with E-state index in [2.05, 4.69) is 23.5 Å². The summed E-state index contributed by atoms with van der Waals surface area (Å²) in [6, 6.07) is 1.55. The second-order valence-electron chi connectivity index (χ2n) is 3.80. The number of fused-ring (bicyclic) bond motifs is 2. The number of carbonyl (C=O) groups is 1. The van der Waals surface area contributed by atoms with Crippen molar-refractivity contribution in [1.29, 1.82) is 5.26 Å². The average molecular weight is 205 g/mol. The third kappa shape index (κ3) is 3.25. The lowest BCUT2D eigenvalue weighted by molar-refractivity contribution is -0.135. The van der Waals surface area contributed by atoms with Crippen LogP contribution >= 0.6 is 0 Å². The van der Waals surface area contributed by atoms with Gasteiger partial charge in [-0.2, -0.15) is 5.26 Å². The van der Waals surface area contributed by atoms with Crippen LogP contribution in [-0.2, 0) is 9.53 Å². The van der Waals surface area contributed by atoms with Gasteiger partial charge in [0.25, 0.3) is 0 Å². The molecule has 0 heterocycles. The summed E-state index contributed by atoms with van der Waals surface area (Å²) in [6.45, 7) is 3.11. The largest absolute Gasteiger partial charge is 0.465 e. The smallest absolute Gasteiger partial charge is 0.347 e. The van der Waals surface area contributed by atoms with Crippen molar-refractivity contribution in [3.05, 3.63) is 24.3 Å². The first-order chi connectivity index (χ1) is 7.17. The van der Waals surface area contributed by atoms with Gasteiger partial charge in [-0.3, -0.25) is 0 Å². The van der Waals surface area contributed by atoms with E-state index in [-0.39, 0.29) is 5.57 Å². The molecule has 0 aromatic rings. The molecule has 2 unspecified atom stereocenters. The number of hydrogen-bond acceptors (Lipinski definition) is 3. The van der Waals surface area contributed by atoms with Crippen molar-refractivity contribution < 1.29 is 9.53 Å². The van der Waals surface area contributed by atoms with Gasteiger partial charge in [-0.15, -0.1) is 0 Å². The molecule has 80 valence electrons. The van der Waals surface area contributed by atoms with Crippen LogP contribution in [0.3, 0.4) is 0 Å². The van der Waals surface area contributed by atoms with Crippen molar-refractivity contribution in [2.75, 3.05) is 7.11 Å². The molecule has 0 spiro atoms. The van der Waals surface area contributed by atoms with Crippen LogP contribution in [0.2, 0.25) is 0 Å². The number of nitriles is 1. The second kappa shape index (κ2) is 5.35. The minimum absolute atomic E-state index is 0.174. The summed E-state index contributed by atoms with van der Waals surface area (Å²) in [5.41, 5.74) is -0.174. The lowest BCUT2D eigenvalue weighted by atomic mass is 10.1. The van der Waals surface area contributed by atoms with Gasteiger partial charge in [-0.05, 0) is 31.1 Å². The van der Waals surface area contributed by atoms with E-state index in [9.17, 15) is 4.79 Å². The molecule has 0 N–H and O–H groups in total. The van der Waals surface area contributed by atoms with Crippen molar-refractivity contribution in [1.82, 2.24) is 0 Å². The molecule has 0 aliphatic heterocycles. The quantitative estimate of drug-likeness (QED) is 0.285. The molecule has 1 fully saturated rings. The third-order valence-corrected chi connectivity index (χ3v) is 2.74. The Balaban J connectivity index is 0.000000150. The number of esters is 1. The highest BCUT2D eigenvalue weighted by Crippen LogP contribution is 2.38. The molecule has 0 aromatic heterocycles. The summed E-state index contributed by atoms with van der Waals surface area (Å²) < 4.78 is 4.14. The summed E-state index contributed by atoms with van der Waals surface area (Å²) in [4.78, 5) is 10.2. The van der Waals surface area contributed by atoms with Crippen molar-refractivity contribution >= 4 is 5.97 Å². The maximum atomic E-state index is 10.2. The predicted molar refractivity (Wildman–Crippen MR) is 56.7 cm³/mol. The summed E-state index contributed by atoms with van der Waals surface area (Å²) in [6.07, 6.45) is 9.19. The Morgan fingerprint density at radius 1 is 1.47 bits per heavy atom. The molecule has 0 aromatic carbocycles. The Bertz CT molecular complexity index is 313. The molecule has 3 heteroatoms. The lowest BCUT2D eigenvalue weighted by Gasteiger charge is -1.96. The summed E-state index contributed by atoms with van der Waals surface area (Å²) in [5, 5.41) is 7.99. The zero-order valence-corrected chi connectivity index (χ0v) is 8.90. The maximum absolute atomic E-state index is 10.2. The molecule has 2 aliphatic rings. The summed E-state index contributed by atoms with van der Waals surface area (Å²) >= 11 is 0. The topological polar surface area (TPSA) is 50.1 Å². The molecule has 0 saturated heterocycles. The molecule has 3 nitrogen and oxygen atoms in total. The molecule has 2 bridgehead atoms. The highest BCUT2D eigenvalue weighted by Gasteiger charge is 2.25. The fourth-order valence-electron chi connectivity index (χ4n) is 1.89. The normalized spacial score (nSPS) is 25.1. The summed E-state index contributed by atoms with van der Waals surface area (Å²) in [5.74, 6) is 1.31. The Hall–Kier alpha value is -1.56. The number of hydrogen-bond donors (Lipinski definition) is 0. The van der Waals surface area contributed by atoms with Crippen molar-refractivity contribution in [2.45, 2.75) is 19.3 Å². The van der Waals surface area contributed by atoms with Gasteiger partial charge >= 0.3 is 5.97 Å². The van der Waals surface area contributed by atoms with E-state index in [0.717, 1.165) is 11.8 Å². The third-order valence-electron chi connectivity index (χ3n) is 2.74. The first-order valence-corrected chi connectivity index (χ1v) is 5.03. The highest BCUT2D eigenvalue weighted by atomic mass is 16.5. The Morgan fingerprint density at radius 3 is 2.13 bits per heavy atom. The maximum Gasteiger partial charge on any atom is 0.347 e. The first kappa shape index (κ1) is 11.5. The van der Waals surface area contributed by atoms with E-state index in [1.165, 1.54) is 26.4 Å². The van der Waals surface area contributed by atoms with Gasteiger partial charge in [-0.1, -0.05) is 18.7 Å². The van der Waals surface area contributed by atoms with E-state index in [0.29, 0.717) is 0 Å². The second-order valence-corrected chi connectivity index (χ2v) is 3.80. The van der Waals surface area contributed by atoms with Gasteiger partial charge in [0.05, 0.1) is 7.11 Å². The van der Waals surface area contributed by atoms with E-state index >= 15 is 0 Å². The molecular formula is C12H15NO2. The molecule has 0 amide bonds. The number of carbonyl (C=O) groups excluding carboxylic acids is 1. The summed E-state index contributed by atoms with van der Waals surface area (Å²) in [7, 11) is 1.20. The number of allylic oxidation sites excluding steroid dienone is 2. The van der Waals surface area contributed by atoms with Crippen LogP contribution in [-0.4, -0.2) is 13.1 Å². The Labute approximate surface area is 90.0 Å². The van der Waals surface area contributed by atoms with Crippen LogP contribution in [0, 0.1) is 23.2 Å². The van der Waals surface area contributed by atoms with Gasteiger partial charge in [0.2, 0.25) is 0 Å². The molecule has 2 atom stereocenters. The van der Waals surface area contributed by atoms with Gasteiger partial charge in [0, 0.05) is 0 Å². The van der Waals surface area contributed by atoms with Crippen LogP contribution < -0.4 is 0 Å². The van der Waals surface area contributed by atoms with Gasteiger partial charge in [0.15, 0.2) is 0 Å². The van der Waals surface area contributed by atoms with E-state index in [4.69, 9.17) is 5.26 Å². The SMILES string of the molecule is C1=CC2CCC1C2.C=C(C#N)C(=O)OC. The van der Waals surface area contributed by atoms with Gasteiger partial charge < -0.3 is 4.74 Å². The van der Waals surface area contributed by atoms with Gasteiger partial charge in [-0.25, -0.2) is 4.79 Å². The molecule has 1 saturated carbocycles. The Morgan fingerprint density at radius 2 is 2.00 bits per heavy atom. The zero-order valence-electron chi connectivity index (χ0n) is 8.90. The highest BCUT2D eigenvalue weighted by molar-refractivity contribution is 5.91. The minimum Gasteiger partial charge on any atom is -0.465 e. The molecule has 15 heavy (non-hydrogen) atoms. The van der Waals surface area contributed by atoms with E-state index in [1.54, 1.807) is 6.07 Å². The number of nitrogens with zero attached hydrogens (tertiary/aromatic N) is 1. The fourth-order valence-corrected chi connectivity index (χ4v) is 1.89. The molecular weight excluding hydrogens is 190 g/mol. The van der Waals surface area contributed by atoms with Crippen LogP contribution in [0.15, 0.2) is 24.3 Å². The lowest BCUT2D eigenvalue weighted by Crippen LogP contribution is -2.00. The Kier molecular flexibility index (Phi) is 4.11. The van der Waals surface area contributed by atoms with Gasteiger partial charge in [0.1, 0.15) is 11.6 Å². The standard InChI is InChI=1S/C7H10.C5H5NO2/c1-2-7-4-3-6(1)5-7;1-4(3-6)5(7)8-2/h1-2,6-7H,3-5H2;1H2,2H3. The molecule has 2 rings (SSSR count). The zero-order chi connectivity index (χ0) is 11.3. The number of methoxy groups -OCH3 is 1. The van der Waals surface area contributed by atoms with Crippen molar-refractivity contribution in [3.8, 4) is 6.07 Å². The van der Waals surface area contributed by atoms with Crippen LogP contribution in [0.5, 0.6) is 0 Å². The van der Waals surface area contributed by atoms with Crippen molar-refractivity contribution in [3.63, 3.8) is 0 Å². The average Bonchev–Trinajstić information content (AvgIpc) is 2.91. The minimum atomic E-state index is -0.674.